The summed E-state index contributed by atoms with van der Waals surface area (Å²) >= 11 is 0. The zero-order chi connectivity index (χ0) is 0. The fraction of sp³-hybridized carbons (Fsp3) is 0. The molecule has 0 saturated carbocycles. The van der Waals surface area contributed by atoms with Gasteiger partial charge in [0.1, 0.15) is 0 Å². The van der Waals surface area contributed by atoms with Crippen LogP contribution >= 0.6 is 25.9 Å². The first kappa shape index (κ1) is 29.2. The van der Waals surface area contributed by atoms with Crippen LogP contribution in [-0.2, 0) is 17.1 Å². The van der Waals surface area contributed by atoms with Gasteiger partial charge in [-0.25, -0.2) is 0 Å². The predicted octanol–water partition coefficient (Wildman–Crippen LogP) is -2.35. The van der Waals surface area contributed by atoms with Crippen LogP contribution in [0.3, 0.4) is 0 Å². The molecular formula is H4ClFeKS. The SMILES string of the molecule is Cl.S.[Fe].[H-].[K+]. The van der Waals surface area contributed by atoms with Crippen molar-refractivity contribution in [1.29, 1.82) is 0 Å². The Morgan fingerprint density at radius 2 is 1.25 bits per heavy atom. The minimum absolute atomic E-state index is 0. The Kier molecular flexibility index (Phi) is 125. The minimum atomic E-state index is 0. The molecular weight excluding hydrogens is 162 g/mol. The van der Waals surface area contributed by atoms with Crippen LogP contribution in [0.1, 0.15) is 1.43 Å². The Hall–Kier alpha value is 2.80. The van der Waals surface area contributed by atoms with Gasteiger partial charge < -0.3 is 1.43 Å². The van der Waals surface area contributed by atoms with Crippen LogP contribution < -0.4 is 51.4 Å². The number of hydrogen-bond acceptors (Lipinski definition) is 0. The second-order valence-electron chi connectivity index (χ2n) is 0. The summed E-state index contributed by atoms with van der Waals surface area (Å²) in [6.07, 6.45) is 0. The quantitative estimate of drug-likeness (QED) is 0.354. The normalized spacial score (nSPS) is 0. The van der Waals surface area contributed by atoms with Crippen molar-refractivity contribution in [2.24, 2.45) is 0 Å². The molecule has 0 amide bonds. The first-order valence-corrected chi connectivity index (χ1v) is 0. The predicted molar refractivity (Wildman–Crippen MR) is 18.7 cm³/mol. The zero-order valence-electron chi connectivity index (χ0n) is 3.26. The maximum atomic E-state index is 0. The topological polar surface area (TPSA) is 0 Å². The van der Waals surface area contributed by atoms with E-state index in [9.17, 15) is 0 Å². The Balaban J connectivity index is 0. The number of hydrogen-bond donors (Lipinski definition) is 0. The van der Waals surface area contributed by atoms with Crippen LogP contribution in [0.4, 0.5) is 0 Å². The van der Waals surface area contributed by atoms with E-state index >= 15 is 0 Å². The molecule has 0 spiro atoms. The van der Waals surface area contributed by atoms with Gasteiger partial charge in [0, 0.05) is 17.1 Å². The van der Waals surface area contributed by atoms with E-state index in [0.29, 0.717) is 0 Å². The molecule has 0 aliphatic carbocycles. The molecule has 26 valence electrons. The summed E-state index contributed by atoms with van der Waals surface area (Å²) in [5, 5.41) is 0. The third-order valence-corrected chi connectivity index (χ3v) is 0. The summed E-state index contributed by atoms with van der Waals surface area (Å²) in [7, 11) is 0. The van der Waals surface area contributed by atoms with Crippen LogP contribution in [0, 0.1) is 0 Å². The smallest absolute Gasteiger partial charge is 1.00 e. The van der Waals surface area contributed by atoms with Gasteiger partial charge in [0.2, 0.25) is 0 Å². The maximum absolute atomic E-state index is 0. The Morgan fingerprint density at radius 3 is 1.25 bits per heavy atom. The van der Waals surface area contributed by atoms with Gasteiger partial charge in [-0.2, -0.15) is 13.5 Å². The summed E-state index contributed by atoms with van der Waals surface area (Å²) in [5.74, 6) is 0. The maximum Gasteiger partial charge on any atom is 1.00 e. The van der Waals surface area contributed by atoms with Crippen molar-refractivity contribution in [3.05, 3.63) is 0 Å². The molecule has 0 radical (unpaired) electrons. The van der Waals surface area contributed by atoms with Crippen molar-refractivity contribution in [3.63, 3.8) is 0 Å². The molecule has 0 aromatic rings. The van der Waals surface area contributed by atoms with Gasteiger partial charge in [-0.1, -0.05) is 0 Å². The average Bonchev–Trinajstić information content (AvgIpc) is 0. The van der Waals surface area contributed by atoms with Crippen molar-refractivity contribution in [3.8, 4) is 0 Å². The molecule has 0 aliphatic rings. The number of rotatable bonds is 0. The molecule has 0 bridgehead atoms. The molecule has 0 atom stereocenters. The van der Waals surface area contributed by atoms with E-state index < -0.39 is 0 Å². The molecule has 0 aromatic heterocycles. The fourth-order valence-electron chi connectivity index (χ4n) is 0. The van der Waals surface area contributed by atoms with E-state index in [2.05, 4.69) is 0 Å². The van der Waals surface area contributed by atoms with Crippen molar-refractivity contribution in [1.82, 2.24) is 0 Å². The zero-order valence-corrected chi connectivity index (χ0v) is 8.31. The first-order valence-electron chi connectivity index (χ1n) is 0. The molecule has 0 nitrogen and oxygen atoms in total. The molecule has 0 fully saturated rings. The van der Waals surface area contributed by atoms with Gasteiger partial charge >= 0.3 is 51.4 Å². The van der Waals surface area contributed by atoms with Gasteiger partial charge in [-0.05, 0) is 0 Å². The second kappa shape index (κ2) is 17.1. The van der Waals surface area contributed by atoms with E-state index in [-0.39, 0.29) is 95.8 Å². The first-order chi connectivity index (χ1) is 0. The molecule has 0 N–H and O–H groups in total. The van der Waals surface area contributed by atoms with Crippen LogP contribution in [0.15, 0.2) is 0 Å². The van der Waals surface area contributed by atoms with Crippen LogP contribution in [0.5, 0.6) is 0 Å². The van der Waals surface area contributed by atoms with Crippen LogP contribution in [-0.4, -0.2) is 0 Å². The van der Waals surface area contributed by atoms with E-state index in [4.69, 9.17) is 0 Å². The fourth-order valence-corrected chi connectivity index (χ4v) is 0. The van der Waals surface area contributed by atoms with E-state index in [1.165, 1.54) is 0 Å². The van der Waals surface area contributed by atoms with Gasteiger partial charge in [0.15, 0.2) is 0 Å². The third-order valence-electron chi connectivity index (χ3n) is 0. The van der Waals surface area contributed by atoms with Crippen molar-refractivity contribution in [2.75, 3.05) is 0 Å². The van der Waals surface area contributed by atoms with Gasteiger partial charge in [0.05, 0.1) is 0 Å². The molecule has 0 saturated heterocycles. The summed E-state index contributed by atoms with van der Waals surface area (Å²) < 4.78 is 0. The summed E-state index contributed by atoms with van der Waals surface area (Å²) in [4.78, 5) is 0. The summed E-state index contributed by atoms with van der Waals surface area (Å²) in [6.45, 7) is 0. The average molecular weight is 166 g/mol. The standard InChI is InChI=1S/ClH.Fe.K.H2S.H/h1H;;;1H2;/q;;+1;;-1. The minimum Gasteiger partial charge on any atom is -1.00 e. The van der Waals surface area contributed by atoms with Gasteiger partial charge in [-0.3, -0.25) is 0 Å². The Labute approximate surface area is 93.7 Å². The molecule has 0 rings (SSSR count). The molecule has 4 heavy (non-hydrogen) atoms. The van der Waals surface area contributed by atoms with Gasteiger partial charge in [-0.15, -0.1) is 12.4 Å². The van der Waals surface area contributed by atoms with Gasteiger partial charge in [0.25, 0.3) is 0 Å². The van der Waals surface area contributed by atoms with E-state index in [1.807, 2.05) is 0 Å². The van der Waals surface area contributed by atoms with E-state index in [1.54, 1.807) is 0 Å². The summed E-state index contributed by atoms with van der Waals surface area (Å²) in [6, 6.07) is 0. The second-order valence-corrected chi connectivity index (χ2v) is 0. The van der Waals surface area contributed by atoms with Crippen molar-refractivity contribution >= 4 is 25.9 Å². The third kappa shape index (κ3) is 8.84. The summed E-state index contributed by atoms with van der Waals surface area (Å²) in [5.41, 5.74) is 0. The molecule has 0 aliphatic heterocycles. The van der Waals surface area contributed by atoms with Crippen LogP contribution in [0.25, 0.3) is 0 Å². The molecule has 0 unspecified atom stereocenters. The van der Waals surface area contributed by atoms with Crippen molar-refractivity contribution < 1.29 is 69.9 Å². The molecule has 0 heterocycles. The molecule has 0 aromatic carbocycles. The number of halogens is 1. The largest absolute Gasteiger partial charge is 1.00 e. The molecule has 4 heteroatoms. The van der Waals surface area contributed by atoms with E-state index in [0.717, 1.165) is 0 Å². The van der Waals surface area contributed by atoms with Crippen molar-refractivity contribution in [2.45, 2.75) is 0 Å². The Morgan fingerprint density at radius 1 is 1.25 bits per heavy atom. The van der Waals surface area contributed by atoms with Crippen LogP contribution in [0.2, 0.25) is 0 Å². The Bertz CT molecular complexity index is 11.6. The monoisotopic (exact) mass is 166 g/mol.